The molecule has 2 heterocycles. The number of esters is 1. The van der Waals surface area contributed by atoms with Crippen LogP contribution in [0.3, 0.4) is 0 Å². The minimum atomic E-state index is -0.513. The number of rotatable bonds is 6. The number of likely N-dealkylation sites (tertiary alicyclic amines) is 1. The first-order valence-corrected chi connectivity index (χ1v) is 13.1. The van der Waals surface area contributed by atoms with Crippen LogP contribution in [0.5, 0.6) is 0 Å². The molecule has 0 radical (unpaired) electrons. The summed E-state index contributed by atoms with van der Waals surface area (Å²) < 4.78 is 5.94. The minimum Gasteiger partial charge on any atom is -0.460 e. The molecule has 0 amide bonds. The lowest BCUT2D eigenvalue weighted by molar-refractivity contribution is -0.310. The van der Waals surface area contributed by atoms with Gasteiger partial charge in [0.25, 0.3) is 0 Å². The number of hydrogen-bond acceptors (Lipinski definition) is 5. The number of carbonyl (C=O) groups is 1. The second-order valence-corrected chi connectivity index (χ2v) is 12.8. The van der Waals surface area contributed by atoms with Crippen molar-refractivity contribution in [2.75, 3.05) is 6.54 Å². The van der Waals surface area contributed by atoms with Gasteiger partial charge in [0, 0.05) is 35.6 Å². The molecule has 2 fully saturated rings. The highest BCUT2D eigenvalue weighted by Gasteiger charge is 2.51. The summed E-state index contributed by atoms with van der Waals surface area (Å²) in [6, 6.07) is 10.8. The van der Waals surface area contributed by atoms with Crippen molar-refractivity contribution in [1.29, 1.82) is 0 Å². The van der Waals surface area contributed by atoms with E-state index in [1.54, 1.807) is 0 Å². The molecule has 5 nitrogen and oxygen atoms in total. The van der Waals surface area contributed by atoms with Crippen molar-refractivity contribution in [2.45, 2.75) is 123 Å². The van der Waals surface area contributed by atoms with Gasteiger partial charge in [-0.2, -0.15) is 5.06 Å². The van der Waals surface area contributed by atoms with E-state index in [-0.39, 0.29) is 47.1 Å². The first kappa shape index (κ1) is 27.2. The first-order chi connectivity index (χ1) is 15.6. The second-order valence-electron chi connectivity index (χ2n) is 12.8. The fourth-order valence-electron chi connectivity index (χ4n) is 6.21. The fourth-order valence-corrected chi connectivity index (χ4v) is 6.21. The molecule has 1 aromatic rings. The number of nitrogens with zero attached hydrogens (tertiary/aromatic N) is 2. The van der Waals surface area contributed by atoms with Crippen LogP contribution in [-0.2, 0) is 14.4 Å². The average Bonchev–Trinajstić information content (AvgIpc) is 3.06. The third-order valence-corrected chi connectivity index (χ3v) is 7.94. The molecule has 1 aromatic carbocycles. The molecule has 192 valence electrons. The summed E-state index contributed by atoms with van der Waals surface area (Å²) >= 11 is 0. The predicted molar refractivity (Wildman–Crippen MR) is 138 cm³/mol. The Morgan fingerprint density at radius 2 is 1.59 bits per heavy atom. The molecule has 0 spiro atoms. The molecule has 0 bridgehead atoms. The molecule has 5 atom stereocenters. The van der Waals surface area contributed by atoms with E-state index in [0.717, 1.165) is 19.4 Å². The van der Waals surface area contributed by atoms with Gasteiger partial charge in [0.15, 0.2) is 0 Å². The molecule has 3 rings (SSSR count). The second kappa shape index (κ2) is 9.91. The monoisotopic (exact) mass is 472 g/mol. The van der Waals surface area contributed by atoms with Gasteiger partial charge < -0.3 is 4.74 Å². The number of carbonyl (C=O) groups excluding carboxylic acids is 1. The molecule has 0 aliphatic carbocycles. The van der Waals surface area contributed by atoms with Crippen LogP contribution < -0.4 is 0 Å². The third-order valence-electron chi connectivity index (χ3n) is 7.94. The fraction of sp³-hybridized carbons (Fsp3) is 0.759. The Labute approximate surface area is 208 Å². The van der Waals surface area contributed by atoms with Crippen molar-refractivity contribution >= 4 is 5.97 Å². The van der Waals surface area contributed by atoms with E-state index in [4.69, 9.17) is 9.57 Å². The highest BCUT2D eigenvalue weighted by atomic mass is 16.7. The molecule has 5 heteroatoms. The predicted octanol–water partition coefficient (Wildman–Crippen LogP) is 6.39. The average molecular weight is 473 g/mol. The summed E-state index contributed by atoms with van der Waals surface area (Å²) in [5, 5.41) is 2.23. The molecule has 0 unspecified atom stereocenters. The minimum absolute atomic E-state index is 0.0430. The lowest BCUT2D eigenvalue weighted by atomic mass is 9.82. The summed E-state index contributed by atoms with van der Waals surface area (Å²) in [6.07, 6.45) is 3.32. The van der Waals surface area contributed by atoms with Crippen LogP contribution in [0.1, 0.15) is 100 Å². The van der Waals surface area contributed by atoms with Crippen molar-refractivity contribution in [1.82, 2.24) is 9.96 Å². The first-order valence-electron chi connectivity index (χ1n) is 13.1. The van der Waals surface area contributed by atoms with E-state index in [1.165, 1.54) is 12.0 Å². The molecule has 0 aromatic heterocycles. The maximum absolute atomic E-state index is 13.5. The molecule has 2 aliphatic heterocycles. The van der Waals surface area contributed by atoms with E-state index in [9.17, 15) is 4.79 Å². The van der Waals surface area contributed by atoms with Crippen LogP contribution in [0.15, 0.2) is 30.3 Å². The lowest BCUT2D eigenvalue weighted by Crippen LogP contribution is -2.59. The Morgan fingerprint density at radius 3 is 2.12 bits per heavy atom. The van der Waals surface area contributed by atoms with Crippen LogP contribution in [-0.4, -0.2) is 51.3 Å². The van der Waals surface area contributed by atoms with E-state index in [1.807, 2.05) is 26.8 Å². The van der Waals surface area contributed by atoms with Crippen molar-refractivity contribution in [3.8, 4) is 0 Å². The van der Waals surface area contributed by atoms with Crippen LogP contribution in [0.25, 0.3) is 0 Å². The molecule has 34 heavy (non-hydrogen) atoms. The van der Waals surface area contributed by atoms with Crippen LogP contribution in [0, 0.1) is 11.8 Å². The summed E-state index contributed by atoms with van der Waals surface area (Å²) in [4.78, 5) is 22.8. The Hall–Kier alpha value is -1.43. The zero-order valence-electron chi connectivity index (χ0n) is 23.2. The van der Waals surface area contributed by atoms with E-state index in [2.05, 4.69) is 82.7 Å². The Balaban J connectivity index is 1.89. The van der Waals surface area contributed by atoms with E-state index >= 15 is 0 Å². The van der Waals surface area contributed by atoms with Gasteiger partial charge in [-0.1, -0.05) is 30.3 Å². The maximum atomic E-state index is 13.5. The zero-order chi connectivity index (χ0) is 25.5. The van der Waals surface area contributed by atoms with Gasteiger partial charge in [-0.05, 0) is 94.1 Å². The smallest absolute Gasteiger partial charge is 0.311 e. The number of hydrogen-bond donors (Lipinski definition) is 0. The number of hydroxylamine groups is 2. The Morgan fingerprint density at radius 1 is 1.03 bits per heavy atom. The molecule has 0 N–H and O–H groups in total. The number of piperidine rings is 1. The van der Waals surface area contributed by atoms with Gasteiger partial charge in [-0.15, -0.1) is 0 Å². The van der Waals surface area contributed by atoms with E-state index < -0.39 is 5.60 Å². The quantitative estimate of drug-likeness (QED) is 0.449. The summed E-state index contributed by atoms with van der Waals surface area (Å²) in [5.74, 6) is -0.304. The van der Waals surface area contributed by atoms with Crippen molar-refractivity contribution in [2.24, 2.45) is 11.8 Å². The van der Waals surface area contributed by atoms with Gasteiger partial charge in [0.2, 0.25) is 0 Å². The lowest BCUT2D eigenvalue weighted by Gasteiger charge is -2.52. The molecular weight excluding hydrogens is 424 g/mol. The largest absolute Gasteiger partial charge is 0.460 e. The Kier molecular flexibility index (Phi) is 7.91. The van der Waals surface area contributed by atoms with Crippen LogP contribution in [0.4, 0.5) is 0 Å². The van der Waals surface area contributed by atoms with Crippen molar-refractivity contribution < 1.29 is 14.4 Å². The summed E-state index contributed by atoms with van der Waals surface area (Å²) in [6.45, 7) is 22.3. The number of benzene rings is 1. The SMILES string of the molecule is C[C@H](ON1C(C)(C)CCCC1(C)C)[C@@H]1CN([C@H](C)c2ccccc2)[C@H](C)[C@H]1C(=O)OC(C)(C)C. The third kappa shape index (κ3) is 5.85. The molecular formula is C29H48N2O3. The molecule has 2 saturated heterocycles. The molecule has 0 saturated carbocycles. The maximum Gasteiger partial charge on any atom is 0.311 e. The van der Waals surface area contributed by atoms with Crippen molar-refractivity contribution in [3.63, 3.8) is 0 Å². The van der Waals surface area contributed by atoms with E-state index in [0.29, 0.717) is 0 Å². The molecule has 2 aliphatic rings. The van der Waals surface area contributed by atoms with Gasteiger partial charge >= 0.3 is 5.97 Å². The standard InChI is InChI=1S/C29H48N2O3/c1-20(23-15-12-11-13-16-23)30-19-24(25(21(30)2)26(32)33-27(4,5)6)22(3)34-31-28(7,8)17-14-18-29(31,9)10/h11-13,15-16,20-22,24-25H,14,17-19H2,1-10H3/t20-,21-,22+,24+,25-/m1/s1. The summed E-state index contributed by atoms with van der Waals surface area (Å²) in [7, 11) is 0. The number of ether oxygens (including phenoxy) is 1. The topological polar surface area (TPSA) is 42.0 Å². The highest BCUT2D eigenvalue weighted by molar-refractivity contribution is 5.74. The van der Waals surface area contributed by atoms with Gasteiger partial charge in [-0.3, -0.25) is 14.5 Å². The Bertz CT molecular complexity index is 814. The normalized spacial score (nSPS) is 29.5. The highest BCUT2D eigenvalue weighted by Crippen LogP contribution is 2.43. The summed E-state index contributed by atoms with van der Waals surface area (Å²) in [5.41, 5.74) is 0.669. The van der Waals surface area contributed by atoms with Gasteiger partial charge in [-0.25, -0.2) is 0 Å². The van der Waals surface area contributed by atoms with Crippen LogP contribution >= 0.6 is 0 Å². The van der Waals surface area contributed by atoms with Gasteiger partial charge in [0.1, 0.15) is 5.60 Å². The van der Waals surface area contributed by atoms with Crippen LogP contribution in [0.2, 0.25) is 0 Å². The zero-order valence-corrected chi connectivity index (χ0v) is 23.2. The van der Waals surface area contributed by atoms with Crippen molar-refractivity contribution in [3.05, 3.63) is 35.9 Å². The van der Waals surface area contributed by atoms with Gasteiger partial charge in [0.05, 0.1) is 12.0 Å².